The maximum Gasteiger partial charge on any atom is 0.309 e. The van der Waals surface area contributed by atoms with Gasteiger partial charge in [-0.2, -0.15) is 0 Å². The van der Waals surface area contributed by atoms with Crippen LogP contribution in [-0.2, 0) is 19.1 Å². The molecule has 0 aliphatic carbocycles. The first-order chi connectivity index (χ1) is 14.7. The fourth-order valence-electron chi connectivity index (χ4n) is 3.26. The number of amides is 3. The highest BCUT2D eigenvalue weighted by molar-refractivity contribution is 5.94. The second-order valence-electron chi connectivity index (χ2n) is 7.29. The van der Waals surface area contributed by atoms with Crippen molar-refractivity contribution in [3.63, 3.8) is 0 Å². The van der Waals surface area contributed by atoms with Crippen molar-refractivity contribution < 1.29 is 32.7 Å². The zero-order chi connectivity index (χ0) is 23.0. The highest BCUT2D eigenvalue weighted by Crippen LogP contribution is 2.19. The Morgan fingerprint density at radius 1 is 1.19 bits per heavy atom. The van der Waals surface area contributed by atoms with Crippen molar-refractivity contribution in [2.24, 2.45) is 5.92 Å². The van der Waals surface area contributed by atoms with Gasteiger partial charge in [0.25, 0.3) is 5.91 Å². The van der Waals surface area contributed by atoms with Crippen LogP contribution in [0, 0.1) is 17.6 Å². The number of hydrogen-bond donors (Lipinski definition) is 1. The number of rotatable bonds is 8. The van der Waals surface area contributed by atoms with Crippen molar-refractivity contribution in [3.8, 4) is 0 Å². The summed E-state index contributed by atoms with van der Waals surface area (Å²) in [6, 6.07) is 2.60. The van der Waals surface area contributed by atoms with Crippen LogP contribution in [0.2, 0.25) is 0 Å². The van der Waals surface area contributed by atoms with Gasteiger partial charge in [0.05, 0.1) is 24.6 Å². The summed E-state index contributed by atoms with van der Waals surface area (Å²) in [5, 5.41) is 2.40. The largest absolute Gasteiger partial charge is 0.466 e. The Morgan fingerprint density at radius 2 is 1.87 bits per heavy atom. The van der Waals surface area contributed by atoms with Gasteiger partial charge in [-0.1, -0.05) is 0 Å². The van der Waals surface area contributed by atoms with E-state index in [1.165, 1.54) is 11.9 Å². The predicted octanol–water partition coefficient (Wildman–Crippen LogP) is 1.34. The van der Waals surface area contributed by atoms with Crippen molar-refractivity contribution in [2.45, 2.75) is 26.2 Å². The van der Waals surface area contributed by atoms with Crippen molar-refractivity contribution in [1.82, 2.24) is 15.1 Å². The normalized spacial score (nSPS) is 14.1. The van der Waals surface area contributed by atoms with Crippen molar-refractivity contribution in [2.75, 3.05) is 39.8 Å². The number of ether oxygens (including phenoxy) is 1. The molecule has 1 aliphatic heterocycles. The average molecular weight is 439 g/mol. The molecule has 0 bridgehead atoms. The molecule has 0 radical (unpaired) electrons. The Kier molecular flexibility index (Phi) is 8.89. The second kappa shape index (κ2) is 11.4. The highest BCUT2D eigenvalue weighted by Gasteiger charge is 2.29. The first-order valence-electron chi connectivity index (χ1n) is 10.1. The van der Waals surface area contributed by atoms with Crippen LogP contribution < -0.4 is 5.32 Å². The summed E-state index contributed by atoms with van der Waals surface area (Å²) in [6.45, 7) is 2.73. The maximum absolute atomic E-state index is 13.6. The molecular weight excluding hydrogens is 412 g/mol. The SMILES string of the molecule is CCOC(=O)C1CCN(C(=O)CN(C)C(=O)CCNC(=O)c2ccc(F)cc2F)CC1. The van der Waals surface area contributed by atoms with E-state index in [4.69, 9.17) is 4.74 Å². The highest BCUT2D eigenvalue weighted by atomic mass is 19.1. The van der Waals surface area contributed by atoms with Crippen molar-refractivity contribution in [1.29, 1.82) is 0 Å². The van der Waals surface area contributed by atoms with Crippen LogP contribution in [0.1, 0.15) is 36.5 Å². The molecule has 1 N–H and O–H groups in total. The second-order valence-corrected chi connectivity index (χ2v) is 7.29. The molecule has 8 nitrogen and oxygen atoms in total. The number of carbonyl (C=O) groups is 4. The van der Waals surface area contributed by atoms with E-state index in [0.717, 1.165) is 12.1 Å². The predicted molar refractivity (Wildman–Crippen MR) is 107 cm³/mol. The van der Waals surface area contributed by atoms with Gasteiger partial charge in [0.2, 0.25) is 11.8 Å². The monoisotopic (exact) mass is 439 g/mol. The van der Waals surface area contributed by atoms with Gasteiger partial charge in [-0.25, -0.2) is 8.78 Å². The van der Waals surface area contributed by atoms with Gasteiger partial charge in [0, 0.05) is 39.2 Å². The Hall–Kier alpha value is -3.04. The molecule has 3 amide bonds. The van der Waals surface area contributed by atoms with Crippen LogP contribution in [0.25, 0.3) is 0 Å². The number of likely N-dealkylation sites (N-methyl/N-ethyl adjacent to an activating group) is 1. The zero-order valence-electron chi connectivity index (χ0n) is 17.7. The third-order valence-corrected chi connectivity index (χ3v) is 5.07. The fraction of sp³-hybridized carbons (Fsp3) is 0.524. The number of carbonyl (C=O) groups excluding carboxylic acids is 4. The quantitative estimate of drug-likeness (QED) is 0.617. The van der Waals surface area contributed by atoms with E-state index in [0.29, 0.717) is 38.6 Å². The van der Waals surface area contributed by atoms with Gasteiger partial charge in [-0.05, 0) is 31.9 Å². The molecule has 1 aromatic carbocycles. The lowest BCUT2D eigenvalue weighted by atomic mass is 9.97. The van der Waals surface area contributed by atoms with Crippen LogP contribution in [-0.4, -0.2) is 73.3 Å². The number of nitrogens with one attached hydrogen (secondary N) is 1. The lowest BCUT2D eigenvalue weighted by Gasteiger charge is -2.32. The molecule has 2 rings (SSSR count). The number of likely N-dealkylation sites (tertiary alicyclic amines) is 1. The fourth-order valence-corrected chi connectivity index (χ4v) is 3.26. The number of halogens is 2. The van der Waals surface area contributed by atoms with Gasteiger partial charge in [0.15, 0.2) is 0 Å². The van der Waals surface area contributed by atoms with E-state index in [9.17, 15) is 28.0 Å². The van der Waals surface area contributed by atoms with E-state index in [1.54, 1.807) is 11.8 Å². The average Bonchev–Trinajstić information content (AvgIpc) is 2.73. The summed E-state index contributed by atoms with van der Waals surface area (Å²) in [4.78, 5) is 51.2. The Balaban J connectivity index is 1.72. The minimum absolute atomic E-state index is 0.0576. The Bertz CT molecular complexity index is 825. The van der Waals surface area contributed by atoms with E-state index in [1.807, 2.05) is 0 Å². The van der Waals surface area contributed by atoms with E-state index in [2.05, 4.69) is 5.32 Å². The van der Waals surface area contributed by atoms with Crippen LogP contribution in [0.4, 0.5) is 8.78 Å². The van der Waals surface area contributed by atoms with Crippen molar-refractivity contribution in [3.05, 3.63) is 35.4 Å². The number of hydrogen-bond acceptors (Lipinski definition) is 5. The van der Waals surface area contributed by atoms with Gasteiger partial charge in [-0.3, -0.25) is 19.2 Å². The third-order valence-electron chi connectivity index (χ3n) is 5.07. The number of esters is 1. The Labute approximate surface area is 179 Å². The molecule has 1 aliphatic rings. The van der Waals surface area contributed by atoms with Crippen LogP contribution in [0.5, 0.6) is 0 Å². The summed E-state index contributed by atoms with van der Waals surface area (Å²) in [7, 11) is 1.48. The minimum atomic E-state index is -0.988. The molecule has 31 heavy (non-hydrogen) atoms. The Morgan fingerprint density at radius 3 is 2.48 bits per heavy atom. The first-order valence-corrected chi connectivity index (χ1v) is 10.1. The van der Waals surface area contributed by atoms with Crippen LogP contribution in [0.3, 0.4) is 0 Å². The number of nitrogens with zero attached hydrogens (tertiary/aromatic N) is 2. The topological polar surface area (TPSA) is 96.0 Å². The molecule has 1 saturated heterocycles. The first kappa shape index (κ1) is 24.2. The molecule has 1 fully saturated rings. The van der Waals surface area contributed by atoms with Gasteiger partial charge in [0.1, 0.15) is 11.6 Å². The van der Waals surface area contributed by atoms with E-state index < -0.39 is 17.5 Å². The molecule has 0 unspecified atom stereocenters. The smallest absolute Gasteiger partial charge is 0.309 e. The standard InChI is InChI=1S/C21H27F2N3O5/c1-3-31-21(30)14-7-10-26(11-8-14)19(28)13-25(2)18(27)6-9-24-20(29)16-5-4-15(22)12-17(16)23/h4-5,12,14H,3,6-11,13H2,1-2H3,(H,24,29). The summed E-state index contributed by atoms with van der Waals surface area (Å²) < 4.78 is 31.5. The molecule has 0 aromatic heterocycles. The molecule has 0 saturated carbocycles. The van der Waals surface area contributed by atoms with Crippen LogP contribution >= 0.6 is 0 Å². The summed E-state index contributed by atoms with van der Waals surface area (Å²) >= 11 is 0. The summed E-state index contributed by atoms with van der Waals surface area (Å²) in [5.74, 6) is -3.58. The molecular formula is C21H27F2N3O5. The van der Waals surface area contributed by atoms with Gasteiger partial charge in [-0.15, -0.1) is 0 Å². The molecule has 1 heterocycles. The molecule has 0 atom stereocenters. The molecule has 10 heteroatoms. The number of piperidine rings is 1. The molecule has 170 valence electrons. The summed E-state index contributed by atoms with van der Waals surface area (Å²) in [6.07, 6.45) is 0.964. The lowest BCUT2D eigenvalue weighted by molar-refractivity contribution is -0.151. The third kappa shape index (κ3) is 7.01. The van der Waals surface area contributed by atoms with Crippen LogP contribution in [0.15, 0.2) is 18.2 Å². The molecule has 0 spiro atoms. The number of benzene rings is 1. The zero-order valence-corrected chi connectivity index (χ0v) is 17.7. The van der Waals surface area contributed by atoms with Gasteiger partial charge >= 0.3 is 5.97 Å². The minimum Gasteiger partial charge on any atom is -0.466 e. The summed E-state index contributed by atoms with van der Waals surface area (Å²) in [5.41, 5.74) is -0.316. The van der Waals surface area contributed by atoms with E-state index in [-0.39, 0.29) is 48.8 Å². The molecule has 1 aromatic rings. The lowest BCUT2D eigenvalue weighted by Crippen LogP contribution is -2.46. The van der Waals surface area contributed by atoms with Crippen molar-refractivity contribution >= 4 is 23.7 Å². The maximum atomic E-state index is 13.6. The van der Waals surface area contributed by atoms with E-state index >= 15 is 0 Å². The van der Waals surface area contributed by atoms with Gasteiger partial charge < -0.3 is 19.9 Å².